The molecule has 1 aromatic rings. The molecule has 0 radical (unpaired) electrons. The van der Waals surface area contributed by atoms with Gasteiger partial charge in [0.2, 0.25) is 0 Å². The van der Waals surface area contributed by atoms with Gasteiger partial charge in [-0.2, -0.15) is 0 Å². The zero-order chi connectivity index (χ0) is 9.42. The zero-order valence-electron chi connectivity index (χ0n) is 7.17. The van der Waals surface area contributed by atoms with Crippen LogP contribution in [0.25, 0.3) is 5.76 Å². The van der Waals surface area contributed by atoms with Crippen LogP contribution < -0.4 is 4.74 Å². The SMILES string of the molecule is Cc1ccc2c(c1)C(O)=C(F)CO2. The molecule has 0 amide bonds. The quantitative estimate of drug-likeness (QED) is 0.664. The summed E-state index contributed by atoms with van der Waals surface area (Å²) in [4.78, 5) is 0. The lowest BCUT2D eigenvalue weighted by Crippen LogP contribution is -2.08. The van der Waals surface area contributed by atoms with Crippen molar-refractivity contribution in [1.29, 1.82) is 0 Å². The van der Waals surface area contributed by atoms with E-state index in [9.17, 15) is 9.50 Å². The molecule has 68 valence electrons. The Kier molecular flexibility index (Phi) is 1.72. The Morgan fingerprint density at radius 2 is 2.23 bits per heavy atom. The highest BCUT2D eigenvalue weighted by Crippen LogP contribution is 2.32. The number of benzene rings is 1. The molecule has 0 spiro atoms. The predicted molar refractivity (Wildman–Crippen MR) is 47.3 cm³/mol. The Balaban J connectivity index is 2.60. The Morgan fingerprint density at radius 3 is 3.00 bits per heavy atom. The van der Waals surface area contributed by atoms with Crippen LogP contribution in [0.5, 0.6) is 5.75 Å². The van der Waals surface area contributed by atoms with E-state index in [1.54, 1.807) is 12.1 Å². The summed E-state index contributed by atoms with van der Waals surface area (Å²) < 4.78 is 18.0. The van der Waals surface area contributed by atoms with Gasteiger partial charge in [-0.3, -0.25) is 0 Å². The lowest BCUT2D eigenvalue weighted by molar-refractivity contribution is 0.296. The minimum atomic E-state index is -0.613. The summed E-state index contributed by atoms with van der Waals surface area (Å²) in [6, 6.07) is 5.28. The molecule has 1 aliphatic heterocycles. The van der Waals surface area contributed by atoms with Crippen LogP contribution in [-0.4, -0.2) is 11.7 Å². The van der Waals surface area contributed by atoms with Gasteiger partial charge < -0.3 is 9.84 Å². The number of ether oxygens (including phenoxy) is 1. The number of fused-ring (bicyclic) bond motifs is 1. The molecule has 0 saturated carbocycles. The summed E-state index contributed by atoms with van der Waals surface area (Å²) in [5.41, 5.74) is 1.40. The van der Waals surface area contributed by atoms with E-state index in [0.717, 1.165) is 5.56 Å². The summed E-state index contributed by atoms with van der Waals surface area (Å²) in [7, 11) is 0. The first-order valence-electron chi connectivity index (χ1n) is 4.00. The second-order valence-corrected chi connectivity index (χ2v) is 3.04. The fourth-order valence-corrected chi connectivity index (χ4v) is 1.31. The van der Waals surface area contributed by atoms with Crippen molar-refractivity contribution in [3.63, 3.8) is 0 Å². The molecule has 1 aliphatic rings. The Bertz CT molecular complexity index is 383. The fourth-order valence-electron chi connectivity index (χ4n) is 1.31. The third-order valence-corrected chi connectivity index (χ3v) is 2.00. The second kappa shape index (κ2) is 2.76. The molecule has 0 atom stereocenters. The van der Waals surface area contributed by atoms with E-state index in [1.165, 1.54) is 0 Å². The highest BCUT2D eigenvalue weighted by molar-refractivity contribution is 5.68. The molecular weight excluding hydrogens is 171 g/mol. The molecule has 3 heteroatoms. The topological polar surface area (TPSA) is 29.5 Å². The molecule has 2 rings (SSSR count). The van der Waals surface area contributed by atoms with E-state index in [0.29, 0.717) is 11.3 Å². The van der Waals surface area contributed by atoms with Crippen molar-refractivity contribution in [3.05, 3.63) is 35.2 Å². The fraction of sp³-hybridized carbons (Fsp3) is 0.200. The Morgan fingerprint density at radius 1 is 1.46 bits per heavy atom. The Hall–Kier alpha value is -1.51. The maximum absolute atomic E-state index is 12.9. The van der Waals surface area contributed by atoms with E-state index < -0.39 is 5.83 Å². The van der Waals surface area contributed by atoms with Crippen molar-refractivity contribution >= 4 is 5.76 Å². The molecule has 1 aromatic carbocycles. The number of hydrogen-bond donors (Lipinski definition) is 1. The van der Waals surface area contributed by atoms with Gasteiger partial charge in [-0.1, -0.05) is 11.6 Å². The van der Waals surface area contributed by atoms with Crippen LogP contribution in [0.3, 0.4) is 0 Å². The molecule has 0 unspecified atom stereocenters. The maximum Gasteiger partial charge on any atom is 0.180 e. The molecule has 0 aromatic heterocycles. The van der Waals surface area contributed by atoms with Crippen molar-refractivity contribution in [2.75, 3.05) is 6.61 Å². The maximum atomic E-state index is 12.9. The average molecular weight is 180 g/mol. The lowest BCUT2D eigenvalue weighted by atomic mass is 10.1. The van der Waals surface area contributed by atoms with Crippen molar-refractivity contribution in [1.82, 2.24) is 0 Å². The molecular formula is C10H9FO2. The van der Waals surface area contributed by atoms with Gasteiger partial charge in [0.05, 0.1) is 5.56 Å². The van der Waals surface area contributed by atoms with Crippen molar-refractivity contribution in [2.45, 2.75) is 6.92 Å². The summed E-state index contributed by atoms with van der Waals surface area (Å²) in [6.07, 6.45) is 0. The third-order valence-electron chi connectivity index (χ3n) is 2.00. The van der Waals surface area contributed by atoms with Gasteiger partial charge in [-0.25, -0.2) is 4.39 Å². The summed E-state index contributed by atoms with van der Waals surface area (Å²) in [6.45, 7) is 1.70. The van der Waals surface area contributed by atoms with Crippen LogP contribution >= 0.6 is 0 Å². The summed E-state index contributed by atoms with van der Waals surface area (Å²) >= 11 is 0. The minimum absolute atomic E-state index is 0.179. The van der Waals surface area contributed by atoms with Crippen LogP contribution in [-0.2, 0) is 0 Å². The van der Waals surface area contributed by atoms with Crippen LogP contribution in [0.4, 0.5) is 4.39 Å². The van der Waals surface area contributed by atoms with Crippen LogP contribution in [0.2, 0.25) is 0 Å². The number of hydrogen-bond acceptors (Lipinski definition) is 2. The van der Waals surface area contributed by atoms with Crippen LogP contribution in [0, 0.1) is 6.92 Å². The van der Waals surface area contributed by atoms with Crippen LogP contribution in [0.15, 0.2) is 24.0 Å². The molecule has 2 nitrogen and oxygen atoms in total. The van der Waals surface area contributed by atoms with Gasteiger partial charge in [0, 0.05) is 0 Å². The zero-order valence-corrected chi connectivity index (χ0v) is 7.17. The van der Waals surface area contributed by atoms with Gasteiger partial charge in [-0.15, -0.1) is 0 Å². The normalized spacial score (nSPS) is 15.2. The highest BCUT2D eigenvalue weighted by atomic mass is 19.1. The minimum Gasteiger partial charge on any atom is -0.504 e. The molecule has 13 heavy (non-hydrogen) atoms. The van der Waals surface area contributed by atoms with Crippen molar-refractivity contribution < 1.29 is 14.2 Å². The van der Waals surface area contributed by atoms with E-state index >= 15 is 0 Å². The van der Waals surface area contributed by atoms with Crippen LogP contribution in [0.1, 0.15) is 11.1 Å². The number of halogens is 1. The van der Waals surface area contributed by atoms with Crippen molar-refractivity contribution in [2.24, 2.45) is 0 Å². The number of rotatable bonds is 0. The summed E-state index contributed by atoms with van der Waals surface area (Å²) in [5.74, 6) is -0.382. The number of aliphatic hydroxyl groups is 1. The number of aliphatic hydroxyl groups excluding tert-OH is 1. The first kappa shape index (κ1) is 8.10. The third kappa shape index (κ3) is 1.26. The summed E-state index contributed by atoms with van der Waals surface area (Å²) in [5, 5.41) is 9.38. The van der Waals surface area contributed by atoms with E-state index in [1.807, 2.05) is 13.0 Å². The average Bonchev–Trinajstić information content (AvgIpc) is 2.12. The van der Waals surface area contributed by atoms with Gasteiger partial charge in [0.15, 0.2) is 11.6 Å². The molecule has 1 heterocycles. The monoisotopic (exact) mass is 180 g/mol. The standard InChI is InChI=1S/C10H9FO2/c1-6-2-3-9-7(4-6)10(12)8(11)5-13-9/h2-4,12H,5H2,1H3. The number of aryl methyl sites for hydroxylation is 1. The highest BCUT2D eigenvalue weighted by Gasteiger charge is 2.19. The first-order chi connectivity index (χ1) is 6.18. The lowest BCUT2D eigenvalue weighted by Gasteiger charge is -2.16. The molecule has 0 aliphatic carbocycles. The van der Waals surface area contributed by atoms with E-state index in [2.05, 4.69) is 0 Å². The predicted octanol–water partition coefficient (Wildman–Crippen LogP) is 2.58. The van der Waals surface area contributed by atoms with E-state index in [-0.39, 0.29) is 12.4 Å². The molecule has 0 bridgehead atoms. The van der Waals surface area contributed by atoms with E-state index in [4.69, 9.17) is 4.74 Å². The second-order valence-electron chi connectivity index (χ2n) is 3.04. The first-order valence-corrected chi connectivity index (χ1v) is 4.00. The van der Waals surface area contributed by atoms with Gasteiger partial charge in [-0.05, 0) is 19.1 Å². The molecule has 0 fully saturated rings. The van der Waals surface area contributed by atoms with Gasteiger partial charge in [0.1, 0.15) is 12.4 Å². The largest absolute Gasteiger partial charge is 0.504 e. The van der Waals surface area contributed by atoms with Crippen molar-refractivity contribution in [3.8, 4) is 5.75 Å². The smallest absolute Gasteiger partial charge is 0.180 e. The Labute approximate surface area is 75.3 Å². The van der Waals surface area contributed by atoms with Gasteiger partial charge in [0.25, 0.3) is 0 Å². The molecule has 0 saturated heterocycles. The van der Waals surface area contributed by atoms with Gasteiger partial charge >= 0.3 is 0 Å². The molecule has 1 N–H and O–H groups in total.